The number of nitriles is 1. The fraction of sp³-hybridized carbons (Fsp3) is 0.917. The van der Waals surface area contributed by atoms with Gasteiger partial charge in [-0.1, -0.05) is 26.7 Å². The molecule has 1 aliphatic rings. The van der Waals surface area contributed by atoms with Crippen molar-refractivity contribution in [2.24, 2.45) is 0 Å². The summed E-state index contributed by atoms with van der Waals surface area (Å²) in [5, 5.41) is 9.35. The molecule has 1 fully saturated rings. The van der Waals surface area contributed by atoms with Gasteiger partial charge in [0, 0.05) is 0 Å². The maximum absolute atomic E-state index is 9.35. The highest BCUT2D eigenvalue weighted by molar-refractivity contribution is 5.10. The quantitative estimate of drug-likeness (QED) is 0.673. The Morgan fingerprint density at radius 2 is 1.64 bits per heavy atom. The average molecular weight is 194 g/mol. The van der Waals surface area contributed by atoms with Crippen molar-refractivity contribution in [3.63, 3.8) is 0 Å². The minimum atomic E-state index is -0.105. The second-order valence-corrected chi connectivity index (χ2v) is 4.34. The van der Waals surface area contributed by atoms with Crippen LogP contribution in [-0.2, 0) is 0 Å². The highest BCUT2D eigenvalue weighted by atomic mass is 15.2. The summed E-state index contributed by atoms with van der Waals surface area (Å²) in [6, 6.07) is 2.57. The van der Waals surface area contributed by atoms with Crippen molar-refractivity contribution in [3.05, 3.63) is 0 Å². The molecule has 0 aliphatic heterocycles. The average Bonchev–Trinajstić information content (AvgIpc) is 2.67. The molecule has 0 bridgehead atoms. The van der Waals surface area contributed by atoms with E-state index in [2.05, 4.69) is 24.8 Å². The lowest BCUT2D eigenvalue weighted by Crippen LogP contribution is -2.46. The van der Waals surface area contributed by atoms with Crippen LogP contribution >= 0.6 is 0 Å². The number of hydrogen-bond acceptors (Lipinski definition) is 2. The normalized spacial score (nSPS) is 19.9. The van der Waals surface area contributed by atoms with E-state index in [-0.39, 0.29) is 5.54 Å². The van der Waals surface area contributed by atoms with Gasteiger partial charge in [0.1, 0.15) is 5.54 Å². The predicted molar refractivity (Wildman–Crippen MR) is 59.0 cm³/mol. The van der Waals surface area contributed by atoms with Crippen LogP contribution < -0.4 is 0 Å². The minimum absolute atomic E-state index is 0.105. The number of hydrogen-bond donors (Lipinski definition) is 0. The molecule has 80 valence electrons. The van der Waals surface area contributed by atoms with E-state index in [1.807, 2.05) is 0 Å². The molecule has 0 heterocycles. The third-order valence-electron chi connectivity index (χ3n) is 3.23. The van der Waals surface area contributed by atoms with Gasteiger partial charge >= 0.3 is 0 Å². The molecular weight excluding hydrogens is 172 g/mol. The third kappa shape index (κ3) is 2.27. The van der Waals surface area contributed by atoms with Gasteiger partial charge in [0.15, 0.2) is 0 Å². The van der Waals surface area contributed by atoms with E-state index >= 15 is 0 Å². The third-order valence-corrected chi connectivity index (χ3v) is 3.23. The maximum atomic E-state index is 9.35. The summed E-state index contributed by atoms with van der Waals surface area (Å²) >= 11 is 0. The fourth-order valence-corrected chi connectivity index (χ4v) is 2.54. The van der Waals surface area contributed by atoms with E-state index in [1.54, 1.807) is 0 Å². The molecule has 1 aliphatic carbocycles. The monoisotopic (exact) mass is 194 g/mol. The molecule has 0 amide bonds. The van der Waals surface area contributed by atoms with Crippen molar-refractivity contribution in [3.8, 4) is 6.07 Å². The first-order valence-electron chi connectivity index (χ1n) is 5.95. The van der Waals surface area contributed by atoms with Gasteiger partial charge in [0.05, 0.1) is 6.07 Å². The van der Waals surface area contributed by atoms with Crippen LogP contribution in [0.2, 0.25) is 0 Å². The summed E-state index contributed by atoms with van der Waals surface area (Å²) < 4.78 is 0. The lowest BCUT2D eigenvalue weighted by atomic mass is 9.96. The highest BCUT2D eigenvalue weighted by Gasteiger charge is 2.38. The Labute approximate surface area is 87.9 Å². The Bertz CT molecular complexity index is 193. The van der Waals surface area contributed by atoms with Crippen LogP contribution in [0.3, 0.4) is 0 Å². The Morgan fingerprint density at radius 3 is 2.00 bits per heavy atom. The van der Waals surface area contributed by atoms with E-state index in [0.29, 0.717) is 0 Å². The molecular formula is C12H22N2. The lowest BCUT2D eigenvalue weighted by Gasteiger charge is -2.35. The second-order valence-electron chi connectivity index (χ2n) is 4.34. The molecule has 2 heteroatoms. The van der Waals surface area contributed by atoms with Crippen LogP contribution in [0, 0.1) is 11.3 Å². The molecule has 0 saturated heterocycles. The van der Waals surface area contributed by atoms with E-state index in [4.69, 9.17) is 0 Å². The molecule has 0 N–H and O–H groups in total. The van der Waals surface area contributed by atoms with Crippen LogP contribution in [-0.4, -0.2) is 23.5 Å². The molecule has 2 nitrogen and oxygen atoms in total. The van der Waals surface area contributed by atoms with Gasteiger partial charge in [-0.3, -0.25) is 4.90 Å². The van der Waals surface area contributed by atoms with Crippen molar-refractivity contribution in [1.82, 2.24) is 4.90 Å². The topological polar surface area (TPSA) is 27.0 Å². The summed E-state index contributed by atoms with van der Waals surface area (Å²) in [7, 11) is 0. The van der Waals surface area contributed by atoms with Crippen LogP contribution in [0.15, 0.2) is 0 Å². The zero-order valence-electron chi connectivity index (χ0n) is 9.55. The van der Waals surface area contributed by atoms with Crippen LogP contribution in [0.1, 0.15) is 52.4 Å². The van der Waals surface area contributed by atoms with E-state index in [1.165, 1.54) is 12.8 Å². The molecule has 0 unspecified atom stereocenters. The molecule has 0 radical (unpaired) electrons. The fourth-order valence-electron chi connectivity index (χ4n) is 2.54. The van der Waals surface area contributed by atoms with E-state index < -0.39 is 0 Å². The number of nitrogens with zero attached hydrogens (tertiary/aromatic N) is 2. The van der Waals surface area contributed by atoms with Crippen LogP contribution in [0.25, 0.3) is 0 Å². The van der Waals surface area contributed by atoms with Crippen LogP contribution in [0.5, 0.6) is 0 Å². The lowest BCUT2D eigenvalue weighted by molar-refractivity contribution is 0.141. The van der Waals surface area contributed by atoms with E-state index in [0.717, 1.165) is 38.8 Å². The minimum Gasteiger partial charge on any atom is -0.286 e. The van der Waals surface area contributed by atoms with Crippen molar-refractivity contribution in [1.29, 1.82) is 5.26 Å². The second kappa shape index (κ2) is 5.36. The molecule has 0 aromatic rings. The molecule has 0 aromatic heterocycles. The van der Waals surface area contributed by atoms with E-state index in [9.17, 15) is 5.26 Å². The Kier molecular flexibility index (Phi) is 4.41. The summed E-state index contributed by atoms with van der Waals surface area (Å²) in [6.07, 6.45) is 6.95. The van der Waals surface area contributed by atoms with Crippen molar-refractivity contribution >= 4 is 0 Å². The summed E-state index contributed by atoms with van der Waals surface area (Å²) in [6.45, 7) is 6.56. The molecule has 0 aromatic carbocycles. The first kappa shape index (κ1) is 11.5. The smallest absolute Gasteiger partial charge is 0.109 e. The molecule has 0 atom stereocenters. The molecule has 0 spiro atoms. The first-order valence-corrected chi connectivity index (χ1v) is 5.95. The molecule has 1 saturated carbocycles. The predicted octanol–water partition coefficient (Wildman–Crippen LogP) is 2.94. The zero-order valence-corrected chi connectivity index (χ0v) is 9.55. The summed E-state index contributed by atoms with van der Waals surface area (Å²) in [5.41, 5.74) is -0.105. The maximum Gasteiger partial charge on any atom is 0.109 e. The first-order chi connectivity index (χ1) is 6.79. The highest BCUT2D eigenvalue weighted by Crippen LogP contribution is 2.34. The standard InChI is InChI=1S/C12H22N2/c1-3-9-14(10-4-2)12(11-13)7-5-6-8-12/h3-10H2,1-2H3. The SMILES string of the molecule is CCCN(CCC)C1(C#N)CCCC1. The number of rotatable bonds is 5. The zero-order chi connectivity index (χ0) is 10.4. The summed E-state index contributed by atoms with van der Waals surface area (Å²) in [4.78, 5) is 2.42. The van der Waals surface area contributed by atoms with Gasteiger partial charge in [-0.25, -0.2) is 0 Å². The van der Waals surface area contributed by atoms with Gasteiger partial charge in [0.2, 0.25) is 0 Å². The van der Waals surface area contributed by atoms with Gasteiger partial charge in [-0.15, -0.1) is 0 Å². The van der Waals surface area contributed by atoms with Gasteiger partial charge in [-0.2, -0.15) is 5.26 Å². The van der Waals surface area contributed by atoms with Gasteiger partial charge < -0.3 is 0 Å². The van der Waals surface area contributed by atoms with Gasteiger partial charge in [-0.05, 0) is 38.8 Å². The van der Waals surface area contributed by atoms with Crippen LogP contribution in [0.4, 0.5) is 0 Å². The Morgan fingerprint density at radius 1 is 1.14 bits per heavy atom. The van der Waals surface area contributed by atoms with Gasteiger partial charge in [0.25, 0.3) is 0 Å². The van der Waals surface area contributed by atoms with Crippen molar-refractivity contribution in [2.75, 3.05) is 13.1 Å². The molecule has 14 heavy (non-hydrogen) atoms. The van der Waals surface area contributed by atoms with Crippen molar-refractivity contribution in [2.45, 2.75) is 57.9 Å². The largest absolute Gasteiger partial charge is 0.286 e. The molecule has 1 rings (SSSR count). The summed E-state index contributed by atoms with van der Waals surface area (Å²) in [5.74, 6) is 0. The Balaban J connectivity index is 2.67. The Hall–Kier alpha value is -0.550. The van der Waals surface area contributed by atoms with Crippen molar-refractivity contribution < 1.29 is 0 Å².